The Morgan fingerprint density at radius 1 is 1.50 bits per heavy atom. The Hall–Kier alpha value is -0.280. The van der Waals surface area contributed by atoms with Crippen molar-refractivity contribution in [3.63, 3.8) is 0 Å². The van der Waals surface area contributed by atoms with Crippen molar-refractivity contribution >= 4 is 17.5 Å². The van der Waals surface area contributed by atoms with Crippen LogP contribution in [0, 0.1) is 11.3 Å². The van der Waals surface area contributed by atoms with E-state index in [0.717, 1.165) is 32.2 Å². The molecule has 1 saturated heterocycles. The first-order valence-corrected chi connectivity index (χ1v) is 7.49. The Balaban J connectivity index is 2.36. The summed E-state index contributed by atoms with van der Waals surface area (Å²) in [5.41, 5.74) is 0.117. The highest BCUT2D eigenvalue weighted by Gasteiger charge is 2.33. The third-order valence-corrected chi connectivity index (χ3v) is 3.94. The van der Waals surface area contributed by atoms with E-state index in [9.17, 15) is 4.79 Å². The molecule has 0 saturated carbocycles. The molecule has 0 aromatic rings. The largest absolute Gasteiger partial charge is 0.377 e. The standard InChI is InChI=1S/C14H26ClNO2/c1-4-12-11(6-9-18-12)13(17)16-10-14(2,3)7-5-8-15/h11-12H,4-10H2,1-3H3,(H,16,17). The van der Waals surface area contributed by atoms with Crippen LogP contribution in [0.1, 0.15) is 46.5 Å². The second-order valence-electron chi connectivity index (χ2n) is 5.89. The molecule has 2 atom stereocenters. The van der Waals surface area contributed by atoms with E-state index >= 15 is 0 Å². The maximum atomic E-state index is 12.1. The molecular formula is C14H26ClNO2. The summed E-state index contributed by atoms with van der Waals surface area (Å²) in [5.74, 6) is 0.878. The average Bonchev–Trinajstić information content (AvgIpc) is 2.82. The van der Waals surface area contributed by atoms with E-state index in [1.165, 1.54) is 0 Å². The highest BCUT2D eigenvalue weighted by atomic mass is 35.5. The SMILES string of the molecule is CCC1OCCC1C(=O)NCC(C)(C)CCCCl. The van der Waals surface area contributed by atoms with Gasteiger partial charge in [0.05, 0.1) is 12.0 Å². The first kappa shape index (κ1) is 15.8. The third-order valence-electron chi connectivity index (χ3n) is 3.68. The molecule has 0 aromatic carbocycles. The lowest BCUT2D eigenvalue weighted by Gasteiger charge is -2.26. The third kappa shape index (κ3) is 4.77. The number of carbonyl (C=O) groups excluding carboxylic acids is 1. The van der Waals surface area contributed by atoms with E-state index in [1.807, 2.05) is 0 Å². The molecule has 18 heavy (non-hydrogen) atoms. The zero-order chi connectivity index (χ0) is 13.6. The van der Waals surface area contributed by atoms with Gasteiger partial charge in [0.1, 0.15) is 0 Å². The molecule has 0 aromatic heterocycles. The number of carbonyl (C=O) groups is 1. The first-order chi connectivity index (χ1) is 8.50. The van der Waals surface area contributed by atoms with E-state index in [4.69, 9.17) is 16.3 Å². The monoisotopic (exact) mass is 275 g/mol. The molecule has 0 bridgehead atoms. The molecule has 0 aliphatic carbocycles. The first-order valence-electron chi connectivity index (χ1n) is 6.95. The highest BCUT2D eigenvalue weighted by Crippen LogP contribution is 2.25. The second-order valence-corrected chi connectivity index (χ2v) is 6.27. The van der Waals surface area contributed by atoms with Gasteiger partial charge in [-0.3, -0.25) is 4.79 Å². The predicted molar refractivity (Wildman–Crippen MR) is 74.9 cm³/mol. The molecule has 1 N–H and O–H groups in total. The Labute approximate surface area is 116 Å². The van der Waals surface area contributed by atoms with Gasteiger partial charge in [0.25, 0.3) is 0 Å². The Morgan fingerprint density at radius 2 is 2.22 bits per heavy atom. The van der Waals surface area contributed by atoms with Crippen molar-refractivity contribution in [1.82, 2.24) is 5.32 Å². The van der Waals surface area contributed by atoms with Crippen LogP contribution >= 0.6 is 11.6 Å². The zero-order valence-electron chi connectivity index (χ0n) is 11.8. The van der Waals surface area contributed by atoms with Gasteiger partial charge in [0.15, 0.2) is 0 Å². The van der Waals surface area contributed by atoms with E-state index in [0.29, 0.717) is 12.5 Å². The molecule has 1 amide bonds. The number of hydrogen-bond acceptors (Lipinski definition) is 2. The molecule has 1 rings (SSSR count). The van der Waals surface area contributed by atoms with Crippen molar-refractivity contribution in [3.8, 4) is 0 Å². The summed E-state index contributed by atoms with van der Waals surface area (Å²) >= 11 is 5.71. The number of ether oxygens (including phenoxy) is 1. The van der Waals surface area contributed by atoms with Crippen LogP contribution in [0.15, 0.2) is 0 Å². The summed E-state index contributed by atoms with van der Waals surface area (Å²) in [6.45, 7) is 7.84. The zero-order valence-corrected chi connectivity index (χ0v) is 12.6. The van der Waals surface area contributed by atoms with Crippen molar-refractivity contribution in [2.45, 2.75) is 52.6 Å². The summed E-state index contributed by atoms with van der Waals surface area (Å²) in [6, 6.07) is 0. The number of nitrogens with one attached hydrogen (secondary N) is 1. The lowest BCUT2D eigenvalue weighted by Crippen LogP contribution is -2.40. The average molecular weight is 276 g/mol. The Kier molecular flexibility index (Phi) is 6.44. The Morgan fingerprint density at radius 3 is 2.83 bits per heavy atom. The fraction of sp³-hybridized carbons (Fsp3) is 0.929. The van der Waals surface area contributed by atoms with E-state index in [1.54, 1.807) is 0 Å². The molecule has 1 fully saturated rings. The van der Waals surface area contributed by atoms with Crippen molar-refractivity contribution in [1.29, 1.82) is 0 Å². The smallest absolute Gasteiger partial charge is 0.225 e. The van der Waals surface area contributed by atoms with Gasteiger partial charge >= 0.3 is 0 Å². The molecule has 4 heteroatoms. The van der Waals surface area contributed by atoms with Gasteiger partial charge in [-0.15, -0.1) is 11.6 Å². The topological polar surface area (TPSA) is 38.3 Å². The predicted octanol–water partition coefficient (Wildman–Crippen LogP) is 2.96. The molecule has 1 aliphatic heterocycles. The molecule has 106 valence electrons. The van der Waals surface area contributed by atoms with Crippen LogP contribution in [0.4, 0.5) is 0 Å². The fourth-order valence-electron chi connectivity index (χ4n) is 2.44. The Bertz CT molecular complexity index is 269. The van der Waals surface area contributed by atoms with Crippen LogP contribution in [0.2, 0.25) is 0 Å². The van der Waals surface area contributed by atoms with Crippen LogP contribution in [-0.4, -0.2) is 31.0 Å². The summed E-state index contributed by atoms with van der Waals surface area (Å²) in [7, 11) is 0. The fourth-order valence-corrected chi connectivity index (χ4v) is 2.58. The van der Waals surface area contributed by atoms with Gasteiger partial charge in [0.2, 0.25) is 5.91 Å². The van der Waals surface area contributed by atoms with Crippen LogP contribution in [0.5, 0.6) is 0 Å². The van der Waals surface area contributed by atoms with E-state index in [-0.39, 0.29) is 23.3 Å². The van der Waals surface area contributed by atoms with Gasteiger partial charge in [-0.1, -0.05) is 20.8 Å². The second kappa shape index (κ2) is 7.34. The van der Waals surface area contributed by atoms with Gasteiger partial charge in [0, 0.05) is 19.0 Å². The number of alkyl halides is 1. The van der Waals surface area contributed by atoms with E-state index < -0.39 is 0 Å². The van der Waals surface area contributed by atoms with Crippen LogP contribution in [-0.2, 0) is 9.53 Å². The number of amides is 1. The lowest BCUT2D eigenvalue weighted by atomic mass is 9.87. The number of hydrogen-bond donors (Lipinski definition) is 1. The van der Waals surface area contributed by atoms with Gasteiger partial charge in [-0.25, -0.2) is 0 Å². The quantitative estimate of drug-likeness (QED) is 0.726. The summed E-state index contributed by atoms with van der Waals surface area (Å²) in [5, 5.41) is 3.08. The minimum atomic E-state index is 0.0406. The van der Waals surface area contributed by atoms with Gasteiger partial charge in [-0.2, -0.15) is 0 Å². The van der Waals surface area contributed by atoms with Crippen molar-refractivity contribution in [2.24, 2.45) is 11.3 Å². The minimum absolute atomic E-state index is 0.0406. The maximum absolute atomic E-state index is 12.1. The normalized spacial score (nSPS) is 24.2. The molecule has 2 unspecified atom stereocenters. The molecule has 0 radical (unpaired) electrons. The van der Waals surface area contributed by atoms with E-state index in [2.05, 4.69) is 26.1 Å². The summed E-state index contributed by atoms with van der Waals surface area (Å²) in [6.07, 6.45) is 3.90. The van der Waals surface area contributed by atoms with Gasteiger partial charge in [-0.05, 0) is 31.1 Å². The maximum Gasteiger partial charge on any atom is 0.225 e. The van der Waals surface area contributed by atoms with Crippen LogP contribution in [0.3, 0.4) is 0 Å². The van der Waals surface area contributed by atoms with Crippen LogP contribution in [0.25, 0.3) is 0 Å². The molecular weight excluding hydrogens is 250 g/mol. The number of halogens is 1. The lowest BCUT2D eigenvalue weighted by molar-refractivity contribution is -0.127. The summed E-state index contributed by atoms with van der Waals surface area (Å²) < 4.78 is 5.55. The van der Waals surface area contributed by atoms with Crippen molar-refractivity contribution < 1.29 is 9.53 Å². The minimum Gasteiger partial charge on any atom is -0.377 e. The van der Waals surface area contributed by atoms with Crippen molar-refractivity contribution in [3.05, 3.63) is 0 Å². The van der Waals surface area contributed by atoms with Crippen LogP contribution < -0.4 is 5.32 Å². The number of rotatable bonds is 7. The molecule has 1 aliphatic rings. The van der Waals surface area contributed by atoms with Crippen molar-refractivity contribution in [2.75, 3.05) is 19.0 Å². The summed E-state index contributed by atoms with van der Waals surface area (Å²) in [4.78, 5) is 12.1. The molecule has 0 spiro atoms. The molecule has 3 nitrogen and oxygen atoms in total. The molecule has 1 heterocycles. The van der Waals surface area contributed by atoms with Gasteiger partial charge < -0.3 is 10.1 Å². The highest BCUT2D eigenvalue weighted by molar-refractivity contribution is 6.17.